The molecule has 3 rings (SSSR count). The van der Waals surface area contributed by atoms with E-state index in [9.17, 15) is 13.2 Å². The second kappa shape index (κ2) is 10.6. The molecule has 1 aliphatic rings. The Hall–Kier alpha value is -2.58. The maximum atomic E-state index is 13.4. The molecule has 0 atom stereocenters. The zero-order chi connectivity index (χ0) is 24.2. The molecular weight excluding hydrogens is 440 g/mol. The van der Waals surface area contributed by atoms with Crippen LogP contribution in [-0.2, 0) is 21.4 Å². The third-order valence-corrected chi connectivity index (χ3v) is 8.15. The summed E-state index contributed by atoms with van der Waals surface area (Å²) in [4.78, 5) is 14.9. The fourth-order valence-corrected chi connectivity index (χ4v) is 5.79. The molecule has 0 spiro atoms. The molecule has 2 aromatic carbocycles. The molecule has 1 heterocycles. The number of amides is 1. The van der Waals surface area contributed by atoms with E-state index >= 15 is 0 Å². The van der Waals surface area contributed by atoms with Gasteiger partial charge >= 0.3 is 0 Å². The summed E-state index contributed by atoms with van der Waals surface area (Å²) in [6.07, 6.45) is 0.994. The Morgan fingerprint density at radius 2 is 1.70 bits per heavy atom. The van der Waals surface area contributed by atoms with Crippen LogP contribution in [0.3, 0.4) is 0 Å². The number of benzene rings is 2. The molecule has 1 fully saturated rings. The third-order valence-electron chi connectivity index (χ3n) is 6.23. The SMILES string of the molecule is COc1ccc(CN(C)C(=O)C2CCN(S(=O)(=O)c3cc(C(C)C)ccc3OC)CC2)cc1. The molecule has 33 heavy (non-hydrogen) atoms. The largest absolute Gasteiger partial charge is 0.497 e. The lowest BCUT2D eigenvalue weighted by atomic mass is 9.96. The molecule has 0 aliphatic carbocycles. The van der Waals surface area contributed by atoms with Crippen molar-refractivity contribution in [2.75, 3.05) is 34.4 Å². The first-order valence-corrected chi connectivity index (χ1v) is 12.7. The third kappa shape index (κ3) is 5.68. The molecule has 8 heteroatoms. The first-order chi connectivity index (χ1) is 15.7. The lowest BCUT2D eigenvalue weighted by Gasteiger charge is -2.33. The van der Waals surface area contributed by atoms with Gasteiger partial charge in [0.15, 0.2) is 0 Å². The molecule has 0 bridgehead atoms. The van der Waals surface area contributed by atoms with Gasteiger partial charge in [-0.25, -0.2) is 8.42 Å². The van der Waals surface area contributed by atoms with Crippen molar-refractivity contribution in [3.8, 4) is 11.5 Å². The van der Waals surface area contributed by atoms with Crippen LogP contribution in [0.5, 0.6) is 11.5 Å². The predicted octanol–water partition coefficient (Wildman–Crippen LogP) is 3.89. The van der Waals surface area contributed by atoms with Gasteiger partial charge in [-0.05, 0) is 54.2 Å². The molecule has 7 nitrogen and oxygen atoms in total. The van der Waals surface area contributed by atoms with Crippen molar-refractivity contribution in [3.63, 3.8) is 0 Å². The van der Waals surface area contributed by atoms with Crippen LogP contribution in [-0.4, -0.2) is 57.9 Å². The van der Waals surface area contributed by atoms with E-state index in [1.807, 2.05) is 44.2 Å². The van der Waals surface area contributed by atoms with Crippen molar-refractivity contribution in [2.45, 2.75) is 44.0 Å². The van der Waals surface area contributed by atoms with Crippen molar-refractivity contribution >= 4 is 15.9 Å². The zero-order valence-corrected chi connectivity index (χ0v) is 20.9. The fourth-order valence-electron chi connectivity index (χ4n) is 4.13. The van der Waals surface area contributed by atoms with Crippen LogP contribution in [0.15, 0.2) is 47.4 Å². The summed E-state index contributed by atoms with van der Waals surface area (Å²) in [7, 11) is 1.17. The predicted molar refractivity (Wildman–Crippen MR) is 128 cm³/mol. The topological polar surface area (TPSA) is 76.2 Å². The van der Waals surface area contributed by atoms with Crippen LogP contribution in [0.4, 0.5) is 0 Å². The number of methoxy groups -OCH3 is 2. The standard InChI is InChI=1S/C25H34N2O5S/c1-18(2)21-8-11-23(32-5)24(16-21)33(29,30)27-14-12-20(13-15-27)25(28)26(3)17-19-6-9-22(31-4)10-7-19/h6-11,16,18,20H,12-15,17H2,1-5H3. The smallest absolute Gasteiger partial charge is 0.246 e. The minimum atomic E-state index is -3.71. The Morgan fingerprint density at radius 3 is 2.24 bits per heavy atom. The molecule has 0 saturated carbocycles. The van der Waals surface area contributed by atoms with Gasteiger partial charge in [0, 0.05) is 32.6 Å². The number of piperidine rings is 1. The van der Waals surface area contributed by atoms with E-state index in [0.29, 0.717) is 38.2 Å². The molecular formula is C25H34N2O5S. The van der Waals surface area contributed by atoms with Gasteiger partial charge in [-0.1, -0.05) is 32.0 Å². The Labute approximate surface area is 197 Å². The van der Waals surface area contributed by atoms with Gasteiger partial charge < -0.3 is 14.4 Å². The molecule has 0 unspecified atom stereocenters. The lowest BCUT2D eigenvalue weighted by Crippen LogP contribution is -2.43. The second-order valence-corrected chi connectivity index (χ2v) is 10.7. The van der Waals surface area contributed by atoms with E-state index in [4.69, 9.17) is 9.47 Å². The molecule has 2 aromatic rings. The van der Waals surface area contributed by atoms with Crippen LogP contribution in [0.2, 0.25) is 0 Å². The fraction of sp³-hybridized carbons (Fsp3) is 0.480. The van der Waals surface area contributed by atoms with Crippen LogP contribution in [0.25, 0.3) is 0 Å². The highest BCUT2D eigenvalue weighted by molar-refractivity contribution is 7.89. The number of nitrogens with zero attached hydrogens (tertiary/aromatic N) is 2. The van der Waals surface area contributed by atoms with Gasteiger partial charge in [-0.2, -0.15) is 4.31 Å². The van der Waals surface area contributed by atoms with Crippen molar-refractivity contribution in [1.29, 1.82) is 0 Å². The van der Waals surface area contributed by atoms with Crippen LogP contribution in [0, 0.1) is 5.92 Å². The van der Waals surface area contributed by atoms with Crippen molar-refractivity contribution in [1.82, 2.24) is 9.21 Å². The summed E-state index contributed by atoms with van der Waals surface area (Å²) >= 11 is 0. The highest BCUT2D eigenvalue weighted by atomic mass is 32.2. The monoisotopic (exact) mass is 474 g/mol. The van der Waals surface area contributed by atoms with Crippen LogP contribution < -0.4 is 9.47 Å². The average Bonchev–Trinajstić information content (AvgIpc) is 2.83. The molecule has 1 aliphatic heterocycles. The first-order valence-electron chi connectivity index (χ1n) is 11.2. The number of hydrogen-bond acceptors (Lipinski definition) is 5. The summed E-state index contributed by atoms with van der Waals surface area (Å²) in [6.45, 7) is 5.17. The average molecular weight is 475 g/mol. The van der Waals surface area contributed by atoms with E-state index in [1.165, 1.54) is 11.4 Å². The normalized spacial score (nSPS) is 15.5. The minimum Gasteiger partial charge on any atom is -0.497 e. The van der Waals surface area contributed by atoms with E-state index in [1.54, 1.807) is 31.2 Å². The highest BCUT2D eigenvalue weighted by Gasteiger charge is 2.34. The summed E-state index contributed by atoms with van der Waals surface area (Å²) < 4.78 is 38.8. The maximum Gasteiger partial charge on any atom is 0.246 e. The van der Waals surface area contributed by atoms with Crippen LogP contribution in [0.1, 0.15) is 43.7 Å². The quantitative estimate of drug-likeness (QED) is 0.580. The van der Waals surface area contributed by atoms with Gasteiger partial charge in [-0.3, -0.25) is 4.79 Å². The molecule has 0 radical (unpaired) electrons. The Bertz CT molecular complexity index is 1060. The summed E-state index contributed by atoms with van der Waals surface area (Å²) in [5.74, 6) is 1.17. The second-order valence-electron chi connectivity index (χ2n) is 8.79. The number of rotatable bonds is 8. The van der Waals surface area contributed by atoms with Crippen molar-refractivity contribution in [3.05, 3.63) is 53.6 Å². The van der Waals surface area contributed by atoms with E-state index < -0.39 is 10.0 Å². The molecule has 1 saturated heterocycles. The number of carbonyl (C=O) groups is 1. The van der Waals surface area contributed by atoms with E-state index in [2.05, 4.69) is 0 Å². The van der Waals surface area contributed by atoms with Gasteiger partial charge in [0.25, 0.3) is 0 Å². The summed E-state index contributed by atoms with van der Waals surface area (Å²) in [5.41, 5.74) is 1.96. The van der Waals surface area contributed by atoms with Gasteiger partial charge in [-0.15, -0.1) is 0 Å². The van der Waals surface area contributed by atoms with Crippen LogP contribution >= 0.6 is 0 Å². The van der Waals surface area contributed by atoms with E-state index in [0.717, 1.165) is 16.9 Å². The Morgan fingerprint density at radius 1 is 1.06 bits per heavy atom. The number of sulfonamides is 1. The zero-order valence-electron chi connectivity index (χ0n) is 20.1. The first kappa shape index (κ1) is 25.1. The molecule has 0 N–H and O–H groups in total. The summed E-state index contributed by atoms with van der Waals surface area (Å²) in [6, 6.07) is 12.9. The van der Waals surface area contributed by atoms with Crippen molar-refractivity contribution < 1.29 is 22.7 Å². The molecule has 1 amide bonds. The minimum absolute atomic E-state index is 0.0438. The number of carbonyl (C=O) groups excluding carboxylic acids is 1. The Kier molecular flexibility index (Phi) is 8.02. The molecule has 0 aromatic heterocycles. The molecule has 180 valence electrons. The lowest BCUT2D eigenvalue weighted by molar-refractivity contribution is -0.135. The Balaban J connectivity index is 1.66. The number of hydrogen-bond donors (Lipinski definition) is 0. The van der Waals surface area contributed by atoms with Gasteiger partial charge in [0.05, 0.1) is 14.2 Å². The maximum absolute atomic E-state index is 13.4. The van der Waals surface area contributed by atoms with Crippen molar-refractivity contribution in [2.24, 2.45) is 5.92 Å². The van der Waals surface area contributed by atoms with Gasteiger partial charge in [0.1, 0.15) is 16.4 Å². The number of ether oxygens (including phenoxy) is 2. The van der Waals surface area contributed by atoms with E-state index in [-0.39, 0.29) is 22.6 Å². The highest BCUT2D eigenvalue weighted by Crippen LogP contribution is 2.32. The summed E-state index contributed by atoms with van der Waals surface area (Å²) in [5, 5.41) is 0. The van der Waals surface area contributed by atoms with Gasteiger partial charge in [0.2, 0.25) is 15.9 Å².